The van der Waals surface area contributed by atoms with Gasteiger partial charge in [0, 0.05) is 55.2 Å². The quantitative estimate of drug-likeness (QED) is 0.321. The van der Waals surface area contributed by atoms with E-state index < -0.39 is 0 Å². The van der Waals surface area contributed by atoms with Gasteiger partial charge in [-0.1, -0.05) is 15.9 Å². The number of nitrogens with one attached hydrogen (secondary N) is 3. The van der Waals surface area contributed by atoms with Gasteiger partial charge in [-0.2, -0.15) is 5.10 Å². The number of carbonyl (C=O) groups is 1. The normalized spacial score (nSPS) is 11.3. The van der Waals surface area contributed by atoms with Crippen molar-refractivity contribution >= 4 is 33.5 Å². The predicted octanol–water partition coefficient (Wildman–Crippen LogP) is 2.93. The third-order valence-corrected chi connectivity index (χ3v) is 4.32. The summed E-state index contributed by atoms with van der Waals surface area (Å²) in [6.45, 7) is 6.81. The number of halogens is 1. The van der Waals surface area contributed by atoms with E-state index in [0.717, 1.165) is 41.2 Å². The lowest BCUT2D eigenvalue weighted by Gasteiger charge is -2.12. The van der Waals surface area contributed by atoms with E-state index in [-0.39, 0.29) is 5.91 Å². The van der Waals surface area contributed by atoms with Gasteiger partial charge in [-0.05, 0) is 50.1 Å². The summed E-state index contributed by atoms with van der Waals surface area (Å²) in [5, 5.41) is 13.5. The van der Waals surface area contributed by atoms with Gasteiger partial charge >= 0.3 is 0 Å². The van der Waals surface area contributed by atoms with Crippen LogP contribution < -0.4 is 16.0 Å². The molecule has 3 N–H and O–H groups in total. The minimum absolute atomic E-state index is 0.0255. The van der Waals surface area contributed by atoms with E-state index in [4.69, 9.17) is 0 Å². The maximum atomic E-state index is 12.1. The van der Waals surface area contributed by atoms with Crippen molar-refractivity contribution < 1.29 is 4.79 Å². The molecule has 8 heteroatoms. The number of amides is 1. The zero-order chi connectivity index (χ0) is 19.5. The average molecular weight is 435 g/mol. The van der Waals surface area contributed by atoms with E-state index in [1.165, 1.54) is 0 Å². The molecule has 1 heterocycles. The van der Waals surface area contributed by atoms with Crippen LogP contribution in [0.1, 0.15) is 25.3 Å². The molecule has 146 valence electrons. The Morgan fingerprint density at radius 2 is 2.19 bits per heavy atom. The molecule has 2 aromatic rings. The Labute approximate surface area is 168 Å². The van der Waals surface area contributed by atoms with Crippen LogP contribution in [0.25, 0.3) is 0 Å². The van der Waals surface area contributed by atoms with E-state index in [9.17, 15) is 4.79 Å². The van der Waals surface area contributed by atoms with Gasteiger partial charge in [0.1, 0.15) is 0 Å². The van der Waals surface area contributed by atoms with E-state index in [1.54, 1.807) is 6.20 Å². The lowest BCUT2D eigenvalue weighted by Crippen LogP contribution is -2.38. The molecule has 0 spiro atoms. The summed E-state index contributed by atoms with van der Waals surface area (Å²) < 4.78 is 2.89. The van der Waals surface area contributed by atoms with Crippen LogP contribution in [0, 0.1) is 6.92 Å². The highest BCUT2D eigenvalue weighted by molar-refractivity contribution is 9.10. The zero-order valence-corrected chi connectivity index (χ0v) is 17.4. The predicted molar refractivity (Wildman–Crippen MR) is 113 cm³/mol. The highest BCUT2D eigenvalue weighted by atomic mass is 79.9. The van der Waals surface area contributed by atoms with Crippen LogP contribution in [-0.2, 0) is 11.3 Å². The number of aliphatic imine (C=N–C) groups is 1. The second kappa shape index (κ2) is 11.4. The number of benzene rings is 1. The first-order chi connectivity index (χ1) is 13.1. The van der Waals surface area contributed by atoms with Crippen molar-refractivity contribution in [3.8, 4) is 0 Å². The molecule has 0 unspecified atom stereocenters. The Bertz CT molecular complexity index is 745. The van der Waals surface area contributed by atoms with Crippen LogP contribution in [-0.4, -0.2) is 41.3 Å². The molecule has 0 bridgehead atoms. The summed E-state index contributed by atoms with van der Waals surface area (Å²) in [5.41, 5.74) is 1.86. The van der Waals surface area contributed by atoms with Crippen molar-refractivity contribution in [2.45, 2.75) is 33.2 Å². The van der Waals surface area contributed by atoms with Gasteiger partial charge < -0.3 is 16.0 Å². The van der Waals surface area contributed by atoms with Gasteiger partial charge in [0.25, 0.3) is 0 Å². The van der Waals surface area contributed by atoms with Crippen molar-refractivity contribution in [1.29, 1.82) is 0 Å². The SMILES string of the molecule is CCNC(=NCCCn1cccn1)NCCC(=O)Nc1ccc(Br)cc1C. The second-order valence-electron chi connectivity index (χ2n) is 6.07. The van der Waals surface area contributed by atoms with E-state index >= 15 is 0 Å². The minimum atomic E-state index is -0.0255. The molecular formula is C19H27BrN6O. The molecule has 0 atom stereocenters. The number of rotatable bonds is 9. The maximum Gasteiger partial charge on any atom is 0.226 e. The number of hydrogen-bond donors (Lipinski definition) is 3. The third kappa shape index (κ3) is 7.82. The molecule has 0 aliphatic rings. The molecule has 1 aromatic carbocycles. The number of aryl methyl sites for hydroxylation is 2. The lowest BCUT2D eigenvalue weighted by atomic mass is 10.2. The van der Waals surface area contributed by atoms with Gasteiger partial charge in [-0.15, -0.1) is 0 Å². The van der Waals surface area contributed by atoms with Crippen LogP contribution in [0.5, 0.6) is 0 Å². The monoisotopic (exact) mass is 434 g/mol. The van der Waals surface area contributed by atoms with Crippen LogP contribution in [0.15, 0.2) is 46.1 Å². The topological polar surface area (TPSA) is 83.3 Å². The fraction of sp³-hybridized carbons (Fsp3) is 0.421. The summed E-state index contributed by atoms with van der Waals surface area (Å²) in [6, 6.07) is 7.71. The van der Waals surface area contributed by atoms with Gasteiger partial charge in [-0.25, -0.2) is 0 Å². The van der Waals surface area contributed by atoms with Gasteiger partial charge in [-0.3, -0.25) is 14.5 Å². The number of carbonyl (C=O) groups excluding carboxylic acids is 1. The van der Waals surface area contributed by atoms with Crippen LogP contribution in [0.4, 0.5) is 5.69 Å². The fourth-order valence-corrected chi connectivity index (χ4v) is 2.95. The van der Waals surface area contributed by atoms with Crippen molar-refractivity contribution in [3.05, 3.63) is 46.7 Å². The molecule has 0 aliphatic carbocycles. The number of nitrogens with zero attached hydrogens (tertiary/aromatic N) is 3. The van der Waals surface area contributed by atoms with Crippen LogP contribution in [0.3, 0.4) is 0 Å². The van der Waals surface area contributed by atoms with Gasteiger partial charge in [0.05, 0.1) is 0 Å². The smallest absolute Gasteiger partial charge is 0.226 e. The van der Waals surface area contributed by atoms with Crippen molar-refractivity contribution in [2.24, 2.45) is 4.99 Å². The molecule has 0 saturated carbocycles. The molecule has 27 heavy (non-hydrogen) atoms. The minimum Gasteiger partial charge on any atom is -0.357 e. The van der Waals surface area contributed by atoms with Crippen LogP contribution in [0.2, 0.25) is 0 Å². The molecule has 2 rings (SSSR count). The average Bonchev–Trinajstić information content (AvgIpc) is 3.14. The van der Waals surface area contributed by atoms with Crippen LogP contribution >= 0.6 is 15.9 Å². The fourth-order valence-electron chi connectivity index (χ4n) is 2.47. The standard InChI is InChI=1S/C19H27BrN6O/c1-3-21-19(22-9-4-12-26-13-5-10-24-26)23-11-8-18(27)25-17-7-6-16(20)14-15(17)2/h5-7,10,13-14H,3-4,8-9,11-12H2,1-2H3,(H,25,27)(H2,21,22,23). The summed E-state index contributed by atoms with van der Waals surface area (Å²) >= 11 is 3.42. The lowest BCUT2D eigenvalue weighted by molar-refractivity contribution is -0.116. The molecule has 0 radical (unpaired) electrons. The van der Waals surface area contributed by atoms with Crippen molar-refractivity contribution in [1.82, 2.24) is 20.4 Å². The first-order valence-electron chi connectivity index (χ1n) is 9.14. The summed E-state index contributed by atoms with van der Waals surface area (Å²) in [4.78, 5) is 16.7. The highest BCUT2D eigenvalue weighted by Crippen LogP contribution is 2.19. The molecule has 1 amide bonds. The third-order valence-electron chi connectivity index (χ3n) is 3.83. The summed E-state index contributed by atoms with van der Waals surface area (Å²) in [7, 11) is 0. The molecule has 7 nitrogen and oxygen atoms in total. The Morgan fingerprint density at radius 3 is 2.89 bits per heavy atom. The number of hydrogen-bond acceptors (Lipinski definition) is 3. The number of aromatic nitrogens is 2. The summed E-state index contributed by atoms with van der Waals surface area (Å²) in [5.74, 6) is 0.702. The van der Waals surface area contributed by atoms with Crippen molar-refractivity contribution in [2.75, 3.05) is 25.0 Å². The first kappa shape index (κ1) is 21.0. The molecule has 0 saturated heterocycles. The Hall–Kier alpha value is -2.35. The summed E-state index contributed by atoms with van der Waals surface area (Å²) in [6.07, 6.45) is 4.99. The molecule has 1 aromatic heterocycles. The second-order valence-corrected chi connectivity index (χ2v) is 6.98. The first-order valence-corrected chi connectivity index (χ1v) is 9.93. The van der Waals surface area contributed by atoms with E-state index in [1.807, 2.05) is 49.0 Å². The molecular weight excluding hydrogens is 408 g/mol. The van der Waals surface area contributed by atoms with Gasteiger partial charge in [0.15, 0.2) is 5.96 Å². The van der Waals surface area contributed by atoms with Crippen molar-refractivity contribution in [3.63, 3.8) is 0 Å². The Balaban J connectivity index is 1.72. The molecule has 0 fully saturated rings. The Morgan fingerprint density at radius 1 is 1.33 bits per heavy atom. The Kier molecular flexibility index (Phi) is 8.83. The zero-order valence-electron chi connectivity index (χ0n) is 15.8. The number of anilines is 1. The van der Waals surface area contributed by atoms with Gasteiger partial charge in [0.2, 0.25) is 5.91 Å². The van der Waals surface area contributed by atoms with E-state index in [2.05, 4.69) is 42.0 Å². The van der Waals surface area contributed by atoms with E-state index in [0.29, 0.717) is 19.5 Å². The highest BCUT2D eigenvalue weighted by Gasteiger charge is 2.06. The molecule has 0 aliphatic heterocycles. The largest absolute Gasteiger partial charge is 0.357 e. The maximum absolute atomic E-state index is 12.1. The number of guanidine groups is 1.